The van der Waals surface area contributed by atoms with Gasteiger partial charge >= 0.3 is 0 Å². The van der Waals surface area contributed by atoms with Crippen LogP contribution in [0.25, 0.3) is 53.2 Å². The van der Waals surface area contributed by atoms with E-state index in [1.54, 1.807) is 0 Å². The minimum atomic E-state index is -0.500. The maximum atomic E-state index is 6.49. The molecule has 0 unspecified atom stereocenters. The molecule has 0 saturated heterocycles. The van der Waals surface area contributed by atoms with E-state index in [4.69, 9.17) is 4.42 Å². The number of para-hydroxylation sites is 1. The van der Waals surface area contributed by atoms with Gasteiger partial charge in [-0.3, -0.25) is 0 Å². The van der Waals surface area contributed by atoms with Crippen LogP contribution in [0.2, 0.25) is 0 Å². The second kappa shape index (κ2) is 11.3. The van der Waals surface area contributed by atoms with Gasteiger partial charge in [-0.05, 0) is 81.9 Å². The van der Waals surface area contributed by atoms with Crippen LogP contribution in [0.3, 0.4) is 0 Å². The lowest BCUT2D eigenvalue weighted by atomic mass is 9.67. The SMILES string of the molecule is c1ccc(C2(c3cccc(N(c4ccc5c(c4)oc4ccccc45)c4cccc5sc6ccccc6c45)c3)c3ccccc3-c3ccccc32)cc1. The minimum absolute atomic E-state index is 0.500. The Labute approximate surface area is 305 Å². The number of nitrogens with zero attached hydrogens (tertiary/aromatic N) is 1. The average Bonchev–Trinajstić information content (AvgIpc) is 3.87. The molecule has 10 aromatic rings. The normalized spacial score (nSPS) is 13.2. The number of furan rings is 1. The van der Waals surface area contributed by atoms with E-state index < -0.39 is 5.41 Å². The molecule has 1 aliphatic carbocycles. The van der Waals surface area contributed by atoms with Crippen molar-refractivity contribution in [3.05, 3.63) is 210 Å². The van der Waals surface area contributed by atoms with Gasteiger partial charge < -0.3 is 9.32 Å². The number of anilines is 3. The molecular formula is C49H31NOS. The standard InChI is InChI=1S/C49H31NOS/c1-2-14-32(15-3-1)49(41-22-8-4-18-36(41)37-19-5-9-23-42(37)49)33-16-12-17-34(30-33)50(35-28-29-39-38-20-6-10-25-44(38)51-45(39)31-35)43-24-13-27-47-48(43)40-21-7-11-26-46(40)52-47/h1-31H. The first-order valence-electron chi connectivity index (χ1n) is 17.8. The Bertz CT molecular complexity index is 2940. The first-order chi connectivity index (χ1) is 25.8. The summed E-state index contributed by atoms with van der Waals surface area (Å²) in [7, 11) is 0. The van der Waals surface area contributed by atoms with Crippen molar-refractivity contribution >= 4 is 70.5 Å². The molecule has 244 valence electrons. The highest BCUT2D eigenvalue weighted by atomic mass is 32.1. The summed E-state index contributed by atoms with van der Waals surface area (Å²) >= 11 is 1.85. The van der Waals surface area contributed by atoms with Gasteiger partial charge in [0.2, 0.25) is 0 Å². The second-order valence-corrected chi connectivity index (χ2v) is 14.7. The van der Waals surface area contributed by atoms with Crippen LogP contribution in [0.4, 0.5) is 17.1 Å². The third-order valence-corrected chi connectivity index (χ3v) is 12.1. The molecule has 0 fully saturated rings. The van der Waals surface area contributed by atoms with Crippen LogP contribution in [0, 0.1) is 0 Å². The van der Waals surface area contributed by atoms with Crippen LogP contribution < -0.4 is 4.90 Å². The fourth-order valence-corrected chi connectivity index (χ4v) is 9.94. The van der Waals surface area contributed by atoms with Gasteiger partial charge in [-0.2, -0.15) is 0 Å². The molecule has 0 atom stereocenters. The largest absolute Gasteiger partial charge is 0.456 e. The fourth-order valence-electron chi connectivity index (χ4n) is 8.81. The van der Waals surface area contributed by atoms with E-state index in [1.807, 2.05) is 17.4 Å². The molecule has 0 N–H and O–H groups in total. The quantitative estimate of drug-likeness (QED) is 0.180. The summed E-state index contributed by atoms with van der Waals surface area (Å²) in [5.74, 6) is 0. The molecule has 1 aliphatic rings. The molecule has 0 radical (unpaired) electrons. The zero-order valence-electron chi connectivity index (χ0n) is 28.2. The van der Waals surface area contributed by atoms with Crippen molar-refractivity contribution in [3.8, 4) is 11.1 Å². The first-order valence-corrected chi connectivity index (χ1v) is 18.6. The molecule has 2 heterocycles. The number of hydrogen-bond acceptors (Lipinski definition) is 3. The number of hydrogen-bond donors (Lipinski definition) is 0. The Balaban J connectivity index is 1.21. The molecule has 8 aromatic carbocycles. The Morgan fingerprint density at radius 1 is 0.423 bits per heavy atom. The third kappa shape index (κ3) is 4.11. The van der Waals surface area contributed by atoms with Crippen molar-refractivity contribution in [1.29, 1.82) is 0 Å². The molecule has 2 nitrogen and oxygen atoms in total. The highest BCUT2D eigenvalue weighted by Gasteiger charge is 2.46. The Morgan fingerprint density at radius 3 is 1.87 bits per heavy atom. The second-order valence-electron chi connectivity index (χ2n) is 13.6. The highest BCUT2D eigenvalue weighted by molar-refractivity contribution is 7.26. The van der Waals surface area contributed by atoms with E-state index in [0.717, 1.165) is 39.0 Å². The Hall–Kier alpha value is -6.42. The molecule has 11 rings (SSSR count). The maximum absolute atomic E-state index is 6.49. The van der Waals surface area contributed by atoms with E-state index in [1.165, 1.54) is 53.6 Å². The lowest BCUT2D eigenvalue weighted by Crippen LogP contribution is -2.28. The van der Waals surface area contributed by atoms with Gasteiger partial charge in [0.05, 0.1) is 11.1 Å². The van der Waals surface area contributed by atoms with Crippen LogP contribution in [0.1, 0.15) is 22.3 Å². The van der Waals surface area contributed by atoms with Gasteiger partial charge in [0.15, 0.2) is 0 Å². The van der Waals surface area contributed by atoms with Gasteiger partial charge in [0.25, 0.3) is 0 Å². The van der Waals surface area contributed by atoms with Gasteiger partial charge in [-0.15, -0.1) is 11.3 Å². The van der Waals surface area contributed by atoms with Crippen molar-refractivity contribution in [3.63, 3.8) is 0 Å². The van der Waals surface area contributed by atoms with Crippen molar-refractivity contribution in [2.45, 2.75) is 5.41 Å². The summed E-state index contributed by atoms with van der Waals surface area (Å²) in [6, 6.07) is 68.6. The molecule has 0 bridgehead atoms. The summed E-state index contributed by atoms with van der Waals surface area (Å²) in [6.45, 7) is 0. The van der Waals surface area contributed by atoms with Crippen molar-refractivity contribution in [2.75, 3.05) is 4.90 Å². The van der Waals surface area contributed by atoms with Crippen LogP contribution in [-0.4, -0.2) is 0 Å². The van der Waals surface area contributed by atoms with Crippen LogP contribution in [-0.2, 0) is 5.41 Å². The number of fused-ring (bicyclic) bond motifs is 9. The van der Waals surface area contributed by atoms with Gasteiger partial charge in [0, 0.05) is 48.4 Å². The van der Waals surface area contributed by atoms with E-state index in [-0.39, 0.29) is 0 Å². The fraction of sp³-hybridized carbons (Fsp3) is 0.0204. The zero-order chi connectivity index (χ0) is 34.2. The number of rotatable bonds is 5. The summed E-state index contributed by atoms with van der Waals surface area (Å²) in [6.07, 6.45) is 0. The Kier molecular flexibility index (Phi) is 6.37. The monoisotopic (exact) mass is 681 g/mol. The van der Waals surface area contributed by atoms with Gasteiger partial charge in [0.1, 0.15) is 11.2 Å². The van der Waals surface area contributed by atoms with E-state index in [9.17, 15) is 0 Å². The predicted octanol–water partition coefficient (Wildman–Crippen LogP) is 13.8. The lowest BCUT2D eigenvalue weighted by molar-refractivity contribution is 0.669. The van der Waals surface area contributed by atoms with Crippen molar-refractivity contribution < 1.29 is 4.42 Å². The molecule has 0 amide bonds. The average molecular weight is 682 g/mol. The molecule has 3 heteroatoms. The van der Waals surface area contributed by atoms with Crippen LogP contribution in [0.15, 0.2) is 192 Å². The smallest absolute Gasteiger partial charge is 0.137 e. The molecule has 0 saturated carbocycles. The van der Waals surface area contributed by atoms with Gasteiger partial charge in [-0.25, -0.2) is 0 Å². The lowest BCUT2D eigenvalue weighted by Gasteiger charge is -2.35. The minimum Gasteiger partial charge on any atom is -0.456 e. The summed E-state index contributed by atoms with van der Waals surface area (Å²) in [5, 5.41) is 4.78. The molecule has 2 aromatic heterocycles. The maximum Gasteiger partial charge on any atom is 0.137 e. The van der Waals surface area contributed by atoms with Crippen molar-refractivity contribution in [2.24, 2.45) is 0 Å². The summed E-state index contributed by atoms with van der Waals surface area (Å²) in [5.41, 5.74) is 12.2. The highest BCUT2D eigenvalue weighted by Crippen LogP contribution is 2.57. The summed E-state index contributed by atoms with van der Waals surface area (Å²) < 4.78 is 9.04. The molecule has 52 heavy (non-hydrogen) atoms. The van der Waals surface area contributed by atoms with E-state index in [2.05, 4.69) is 187 Å². The Morgan fingerprint density at radius 2 is 1.04 bits per heavy atom. The van der Waals surface area contributed by atoms with Crippen molar-refractivity contribution in [1.82, 2.24) is 0 Å². The third-order valence-electron chi connectivity index (χ3n) is 10.9. The van der Waals surface area contributed by atoms with E-state index >= 15 is 0 Å². The molecule has 0 spiro atoms. The molecule has 0 aliphatic heterocycles. The molecular weight excluding hydrogens is 651 g/mol. The summed E-state index contributed by atoms with van der Waals surface area (Å²) in [4.78, 5) is 2.43. The van der Waals surface area contributed by atoms with Gasteiger partial charge in [-0.1, -0.05) is 133 Å². The first kappa shape index (κ1) is 29.3. The predicted molar refractivity (Wildman–Crippen MR) is 219 cm³/mol. The topological polar surface area (TPSA) is 16.4 Å². The zero-order valence-corrected chi connectivity index (χ0v) is 29.0. The number of thiophene rings is 1. The van der Waals surface area contributed by atoms with E-state index in [0.29, 0.717) is 0 Å². The number of benzene rings is 8. The van der Waals surface area contributed by atoms with Crippen LogP contribution in [0.5, 0.6) is 0 Å². The van der Waals surface area contributed by atoms with Crippen LogP contribution >= 0.6 is 11.3 Å².